The first-order valence-corrected chi connectivity index (χ1v) is 11.6. The normalized spacial score (nSPS) is 13.3. The van der Waals surface area contributed by atoms with Crippen LogP contribution >= 0.6 is 0 Å². The van der Waals surface area contributed by atoms with E-state index in [1.54, 1.807) is 0 Å². The summed E-state index contributed by atoms with van der Waals surface area (Å²) in [5, 5.41) is 3.74. The molecule has 0 amide bonds. The number of rotatable bonds is 1. The molecule has 0 aromatic heterocycles. The number of aryl methyl sites for hydroxylation is 1. The lowest BCUT2D eigenvalue weighted by molar-refractivity contribution is 0.104. The highest BCUT2D eigenvalue weighted by molar-refractivity contribution is 6.90. The Balaban J connectivity index is 2.24. The van der Waals surface area contributed by atoms with Gasteiger partial charge in [-0.1, -0.05) is 73.7 Å². The first kappa shape index (κ1) is 14.4. The fourth-order valence-electron chi connectivity index (χ4n) is 3.65. The topological polar surface area (TPSA) is 17.1 Å². The summed E-state index contributed by atoms with van der Waals surface area (Å²) in [5.41, 5.74) is 5.31. The van der Waals surface area contributed by atoms with Crippen LogP contribution in [-0.4, -0.2) is 13.9 Å². The van der Waals surface area contributed by atoms with E-state index in [-0.39, 0.29) is 5.78 Å². The Hall–Kier alpha value is -2.19. The fraction of sp³-hybridized carbons (Fsp3) is 0.190. The lowest BCUT2D eigenvalue weighted by Crippen LogP contribution is -2.41. The second-order valence-corrected chi connectivity index (χ2v) is 12.6. The van der Waals surface area contributed by atoms with Gasteiger partial charge in [-0.3, -0.25) is 4.79 Å². The van der Waals surface area contributed by atoms with Gasteiger partial charge in [0, 0.05) is 16.7 Å². The maximum atomic E-state index is 13.1. The number of hydrogen-bond donors (Lipinski definition) is 0. The summed E-state index contributed by atoms with van der Waals surface area (Å²) in [5.74, 6) is 0.205. The van der Waals surface area contributed by atoms with Crippen LogP contribution < -0.4 is 5.19 Å². The van der Waals surface area contributed by atoms with Gasteiger partial charge in [0.15, 0.2) is 5.78 Å². The van der Waals surface area contributed by atoms with Crippen LogP contribution in [0.15, 0.2) is 48.5 Å². The van der Waals surface area contributed by atoms with E-state index in [0.717, 1.165) is 22.3 Å². The molecule has 2 heteroatoms. The molecule has 0 unspecified atom stereocenters. The third-order valence-electron chi connectivity index (χ3n) is 4.77. The SMILES string of the molecule is Cc1ccc2cc([Si](C)(C)C)c3c(c2c1)-c1ccccc1C3=O. The highest BCUT2D eigenvalue weighted by atomic mass is 28.3. The Kier molecular flexibility index (Phi) is 2.91. The summed E-state index contributed by atoms with van der Waals surface area (Å²) in [4.78, 5) is 13.1. The molecule has 0 spiro atoms. The van der Waals surface area contributed by atoms with Crippen molar-refractivity contribution in [3.05, 3.63) is 65.2 Å². The predicted molar refractivity (Wildman–Crippen MR) is 101 cm³/mol. The summed E-state index contributed by atoms with van der Waals surface area (Å²) in [6.07, 6.45) is 0. The Morgan fingerprint density at radius 2 is 1.52 bits per heavy atom. The summed E-state index contributed by atoms with van der Waals surface area (Å²) in [6.45, 7) is 9.07. The van der Waals surface area contributed by atoms with Crippen LogP contribution in [0, 0.1) is 6.92 Å². The zero-order valence-electron chi connectivity index (χ0n) is 14.0. The fourth-order valence-corrected chi connectivity index (χ4v) is 5.23. The quantitative estimate of drug-likeness (QED) is 0.456. The van der Waals surface area contributed by atoms with Gasteiger partial charge in [-0.15, -0.1) is 0 Å². The molecule has 4 rings (SSSR count). The Bertz CT molecular complexity index is 977. The van der Waals surface area contributed by atoms with Crippen LogP contribution in [0.5, 0.6) is 0 Å². The Labute approximate surface area is 138 Å². The van der Waals surface area contributed by atoms with Gasteiger partial charge in [0.1, 0.15) is 0 Å². The van der Waals surface area contributed by atoms with Crippen LogP contribution in [0.4, 0.5) is 0 Å². The van der Waals surface area contributed by atoms with Crippen molar-refractivity contribution in [1.29, 1.82) is 0 Å². The maximum Gasteiger partial charge on any atom is 0.194 e. The standard InChI is InChI=1S/C21H20OSi/c1-13-9-10-14-12-18(23(2,3)4)20-19(17(14)11-13)15-7-5-6-8-16(15)21(20)22/h5-12H,1-4H3. The molecule has 0 aliphatic heterocycles. The number of ketones is 1. The first-order chi connectivity index (χ1) is 10.9. The van der Waals surface area contributed by atoms with E-state index in [0.29, 0.717) is 0 Å². The minimum absolute atomic E-state index is 0.205. The third kappa shape index (κ3) is 2.02. The van der Waals surface area contributed by atoms with Crippen LogP contribution in [0.1, 0.15) is 21.5 Å². The predicted octanol–water partition coefficient (Wildman–Crippen LogP) is 4.90. The molecular formula is C21H20OSi. The Morgan fingerprint density at radius 3 is 2.22 bits per heavy atom. The average molecular weight is 316 g/mol. The zero-order valence-corrected chi connectivity index (χ0v) is 15.0. The van der Waals surface area contributed by atoms with Gasteiger partial charge >= 0.3 is 0 Å². The maximum absolute atomic E-state index is 13.1. The van der Waals surface area contributed by atoms with Crippen LogP contribution in [0.3, 0.4) is 0 Å². The molecule has 3 aromatic rings. The monoisotopic (exact) mass is 316 g/mol. The summed E-state index contributed by atoms with van der Waals surface area (Å²) < 4.78 is 0. The van der Waals surface area contributed by atoms with Crippen molar-refractivity contribution >= 4 is 29.8 Å². The van der Waals surface area contributed by atoms with Crippen molar-refractivity contribution in [1.82, 2.24) is 0 Å². The molecular weight excluding hydrogens is 296 g/mol. The molecule has 1 aliphatic carbocycles. The molecule has 0 saturated heterocycles. The van der Waals surface area contributed by atoms with Crippen molar-refractivity contribution in [2.24, 2.45) is 0 Å². The van der Waals surface area contributed by atoms with Gasteiger partial charge in [0.25, 0.3) is 0 Å². The molecule has 0 heterocycles. The minimum Gasteiger partial charge on any atom is -0.289 e. The number of carbonyl (C=O) groups excluding carboxylic acids is 1. The van der Waals surface area contributed by atoms with E-state index in [1.165, 1.54) is 21.5 Å². The molecule has 0 radical (unpaired) electrons. The summed E-state index contributed by atoms with van der Waals surface area (Å²) in [7, 11) is -1.62. The van der Waals surface area contributed by atoms with Gasteiger partial charge in [0.05, 0.1) is 8.07 Å². The molecule has 3 aromatic carbocycles. The molecule has 0 N–H and O–H groups in total. The molecule has 0 bridgehead atoms. The lowest BCUT2D eigenvalue weighted by Gasteiger charge is -2.22. The van der Waals surface area contributed by atoms with E-state index in [1.807, 2.05) is 18.2 Å². The smallest absolute Gasteiger partial charge is 0.194 e. The molecule has 1 aliphatic rings. The number of carbonyl (C=O) groups is 1. The second kappa shape index (κ2) is 4.65. The first-order valence-electron chi connectivity index (χ1n) is 8.10. The third-order valence-corrected chi connectivity index (χ3v) is 6.78. The lowest BCUT2D eigenvalue weighted by atomic mass is 9.96. The van der Waals surface area contributed by atoms with E-state index in [4.69, 9.17) is 0 Å². The van der Waals surface area contributed by atoms with Gasteiger partial charge in [-0.2, -0.15) is 0 Å². The molecule has 1 nitrogen and oxygen atoms in total. The van der Waals surface area contributed by atoms with Crippen LogP contribution in [0.25, 0.3) is 21.9 Å². The molecule has 0 saturated carbocycles. The van der Waals surface area contributed by atoms with Crippen molar-refractivity contribution in [2.45, 2.75) is 26.6 Å². The van der Waals surface area contributed by atoms with Gasteiger partial charge in [-0.25, -0.2) is 0 Å². The van der Waals surface area contributed by atoms with E-state index < -0.39 is 8.07 Å². The zero-order chi connectivity index (χ0) is 16.4. The van der Waals surface area contributed by atoms with Crippen molar-refractivity contribution in [3.8, 4) is 11.1 Å². The molecule has 0 fully saturated rings. The largest absolute Gasteiger partial charge is 0.289 e. The van der Waals surface area contributed by atoms with Gasteiger partial charge < -0.3 is 0 Å². The van der Waals surface area contributed by atoms with Gasteiger partial charge in [-0.05, 0) is 28.4 Å². The minimum atomic E-state index is -1.62. The highest BCUT2D eigenvalue weighted by Gasteiger charge is 2.34. The second-order valence-electron chi connectivity index (χ2n) is 7.52. The molecule has 114 valence electrons. The highest BCUT2D eigenvalue weighted by Crippen LogP contribution is 2.41. The van der Waals surface area contributed by atoms with Crippen LogP contribution in [-0.2, 0) is 0 Å². The number of hydrogen-bond acceptors (Lipinski definition) is 1. The summed E-state index contributed by atoms with van der Waals surface area (Å²) in [6, 6.07) is 16.9. The molecule has 0 atom stereocenters. The average Bonchev–Trinajstić information content (AvgIpc) is 2.80. The van der Waals surface area contributed by atoms with Crippen LogP contribution in [0.2, 0.25) is 19.6 Å². The van der Waals surface area contributed by atoms with Crippen molar-refractivity contribution in [3.63, 3.8) is 0 Å². The Morgan fingerprint density at radius 1 is 0.826 bits per heavy atom. The molecule has 23 heavy (non-hydrogen) atoms. The van der Waals surface area contributed by atoms with E-state index in [2.05, 4.69) is 56.9 Å². The van der Waals surface area contributed by atoms with Gasteiger partial charge in [0.2, 0.25) is 0 Å². The van der Waals surface area contributed by atoms with E-state index in [9.17, 15) is 4.79 Å². The summed E-state index contributed by atoms with van der Waals surface area (Å²) >= 11 is 0. The van der Waals surface area contributed by atoms with Crippen molar-refractivity contribution in [2.75, 3.05) is 0 Å². The number of fused-ring (bicyclic) bond motifs is 5. The number of benzene rings is 3. The van der Waals surface area contributed by atoms with Crippen molar-refractivity contribution < 1.29 is 4.79 Å². The van der Waals surface area contributed by atoms with E-state index >= 15 is 0 Å².